The summed E-state index contributed by atoms with van der Waals surface area (Å²) in [6.07, 6.45) is 0. The Labute approximate surface area is 143 Å². The molecule has 0 bridgehead atoms. The number of carbonyl (C=O) groups is 1. The smallest absolute Gasteiger partial charge is 0.286 e. The van der Waals surface area contributed by atoms with Crippen LogP contribution >= 0.6 is 0 Å². The molecule has 1 aromatic heterocycles. The number of ketones is 1. The highest BCUT2D eigenvalue weighted by Crippen LogP contribution is 2.24. The van der Waals surface area contributed by atoms with Crippen molar-refractivity contribution in [3.05, 3.63) is 87.7 Å². The Balaban J connectivity index is 2.08. The van der Waals surface area contributed by atoms with Gasteiger partial charge in [0.2, 0.25) is 5.78 Å². The second-order valence-electron chi connectivity index (χ2n) is 5.39. The highest BCUT2D eigenvalue weighted by atomic mass is 16.6. The number of carbonyl (C=O) groups excluding carboxylic acids is 1. The molecule has 3 aromatic rings. The molecule has 1 atom stereocenters. The van der Waals surface area contributed by atoms with E-state index in [0.29, 0.717) is 5.56 Å². The lowest BCUT2D eigenvalue weighted by atomic mass is 10.0. The Morgan fingerprint density at radius 3 is 2.20 bits per heavy atom. The lowest BCUT2D eigenvalue weighted by molar-refractivity contribution is -0.511. The number of hydrogen-bond acceptors (Lipinski definition) is 6. The first-order valence-corrected chi connectivity index (χ1v) is 7.57. The molecule has 3 rings (SSSR count). The van der Waals surface area contributed by atoms with E-state index in [1.165, 1.54) is 0 Å². The fraction of sp³-hybridized carbons (Fsp3) is 0.111. The molecule has 0 N–H and O–H groups in total. The third kappa shape index (κ3) is 3.40. The average Bonchev–Trinajstić information content (AvgIpc) is 2.64. The monoisotopic (exact) mass is 334 g/mol. The first kappa shape index (κ1) is 16.4. The minimum absolute atomic E-state index is 0.00714. The summed E-state index contributed by atoms with van der Waals surface area (Å²) < 4.78 is 0. The Morgan fingerprint density at radius 2 is 1.60 bits per heavy atom. The van der Waals surface area contributed by atoms with Crippen LogP contribution in [0.15, 0.2) is 60.7 Å². The second kappa shape index (κ2) is 6.96. The summed E-state index contributed by atoms with van der Waals surface area (Å²) in [6, 6.07) is 15.5. The number of rotatable bonds is 5. The Morgan fingerprint density at radius 1 is 1.00 bits per heavy atom. The van der Waals surface area contributed by atoms with Gasteiger partial charge in [0.05, 0.1) is 5.69 Å². The summed E-state index contributed by atoms with van der Waals surface area (Å²) in [5.41, 5.74) is 1.19. The van der Waals surface area contributed by atoms with Gasteiger partial charge in [-0.2, -0.15) is 5.10 Å². The minimum Gasteiger partial charge on any atom is -0.286 e. The van der Waals surface area contributed by atoms with E-state index in [4.69, 9.17) is 0 Å². The zero-order valence-corrected chi connectivity index (χ0v) is 13.4. The number of Topliss-reactive ketones (excluding diaryl/α,β-unsaturated/α-hetero) is 1. The molecule has 0 saturated heterocycles. The van der Waals surface area contributed by atoms with Crippen LogP contribution in [0.4, 0.5) is 0 Å². The van der Waals surface area contributed by atoms with Crippen molar-refractivity contribution in [2.75, 3.05) is 0 Å². The van der Waals surface area contributed by atoms with Crippen molar-refractivity contribution in [2.24, 2.45) is 0 Å². The van der Waals surface area contributed by atoms with Crippen molar-refractivity contribution in [1.29, 1.82) is 0 Å². The molecule has 0 spiro atoms. The van der Waals surface area contributed by atoms with Gasteiger partial charge in [0, 0.05) is 16.1 Å². The molecule has 0 aliphatic carbocycles. The zero-order valence-electron chi connectivity index (χ0n) is 13.4. The van der Waals surface area contributed by atoms with E-state index in [2.05, 4.69) is 15.2 Å². The lowest BCUT2D eigenvalue weighted by Crippen LogP contribution is -2.24. The van der Waals surface area contributed by atoms with Gasteiger partial charge in [0.15, 0.2) is 5.82 Å². The summed E-state index contributed by atoms with van der Waals surface area (Å²) in [4.78, 5) is 27.9. The molecule has 1 heterocycles. The number of aromatic nitrogens is 3. The minimum atomic E-state index is -1.62. The van der Waals surface area contributed by atoms with Crippen LogP contribution in [-0.2, 0) is 0 Å². The summed E-state index contributed by atoms with van der Waals surface area (Å²) in [5.74, 6) is -0.387. The normalized spacial score (nSPS) is 11.7. The summed E-state index contributed by atoms with van der Waals surface area (Å²) in [6.45, 7) is 1.55. The maximum atomic E-state index is 12.7. The van der Waals surface area contributed by atoms with Crippen LogP contribution in [0.25, 0.3) is 11.4 Å². The molecule has 0 aliphatic heterocycles. The molecule has 7 nitrogen and oxygen atoms in total. The maximum Gasteiger partial charge on any atom is 0.318 e. The molecule has 124 valence electrons. The van der Waals surface area contributed by atoms with E-state index >= 15 is 0 Å². The van der Waals surface area contributed by atoms with Gasteiger partial charge in [0.25, 0.3) is 0 Å². The maximum absolute atomic E-state index is 12.7. The van der Waals surface area contributed by atoms with E-state index in [9.17, 15) is 14.9 Å². The van der Waals surface area contributed by atoms with E-state index in [1.54, 1.807) is 61.5 Å². The molecular weight excluding hydrogens is 320 g/mol. The highest BCUT2D eigenvalue weighted by molar-refractivity contribution is 5.99. The third-order valence-electron chi connectivity index (χ3n) is 3.70. The van der Waals surface area contributed by atoms with Crippen molar-refractivity contribution in [3.8, 4) is 11.4 Å². The van der Waals surface area contributed by atoms with Gasteiger partial charge >= 0.3 is 6.04 Å². The number of benzene rings is 2. The molecule has 0 radical (unpaired) electrons. The van der Waals surface area contributed by atoms with Gasteiger partial charge in [-0.25, -0.2) is 4.98 Å². The fourth-order valence-electron chi connectivity index (χ4n) is 2.44. The summed E-state index contributed by atoms with van der Waals surface area (Å²) in [7, 11) is 0. The van der Waals surface area contributed by atoms with Crippen molar-refractivity contribution >= 4 is 5.78 Å². The zero-order chi connectivity index (χ0) is 17.8. The summed E-state index contributed by atoms with van der Waals surface area (Å²) in [5, 5.41) is 19.6. The number of nitro groups is 1. The van der Waals surface area contributed by atoms with E-state index < -0.39 is 16.7 Å². The van der Waals surface area contributed by atoms with Gasteiger partial charge in [-0.3, -0.25) is 14.9 Å². The molecule has 0 saturated carbocycles. The van der Waals surface area contributed by atoms with Gasteiger partial charge in [0.1, 0.15) is 5.69 Å². The predicted octanol–water partition coefficient (Wildman–Crippen LogP) is 3.05. The topological polar surface area (TPSA) is 98.9 Å². The fourth-order valence-corrected chi connectivity index (χ4v) is 2.44. The Kier molecular flexibility index (Phi) is 4.56. The summed E-state index contributed by atoms with van der Waals surface area (Å²) >= 11 is 0. The standard InChI is InChI=1S/C18H14N4O3/c1-12-15(19-18(21-20-12)14-10-6-3-7-11-14)16(22(24)25)17(23)13-8-4-2-5-9-13/h2-11,16H,1H3. The van der Waals surface area contributed by atoms with Crippen LogP contribution in [-0.4, -0.2) is 25.9 Å². The van der Waals surface area contributed by atoms with Crippen LogP contribution < -0.4 is 0 Å². The quantitative estimate of drug-likeness (QED) is 0.404. The highest BCUT2D eigenvalue weighted by Gasteiger charge is 2.36. The van der Waals surface area contributed by atoms with Crippen molar-refractivity contribution in [3.63, 3.8) is 0 Å². The molecule has 0 aliphatic rings. The first-order valence-electron chi connectivity index (χ1n) is 7.57. The van der Waals surface area contributed by atoms with E-state index in [0.717, 1.165) is 0 Å². The molecule has 0 fully saturated rings. The lowest BCUT2D eigenvalue weighted by Gasteiger charge is -2.11. The van der Waals surface area contributed by atoms with E-state index in [-0.39, 0.29) is 22.8 Å². The number of nitrogens with zero attached hydrogens (tertiary/aromatic N) is 4. The molecule has 1 unspecified atom stereocenters. The predicted molar refractivity (Wildman–Crippen MR) is 90.5 cm³/mol. The van der Waals surface area contributed by atoms with Gasteiger partial charge < -0.3 is 0 Å². The second-order valence-corrected chi connectivity index (χ2v) is 5.39. The van der Waals surface area contributed by atoms with Crippen LogP contribution in [0.5, 0.6) is 0 Å². The Bertz CT molecular complexity index is 914. The largest absolute Gasteiger partial charge is 0.318 e. The van der Waals surface area contributed by atoms with Crippen LogP contribution in [0.2, 0.25) is 0 Å². The van der Waals surface area contributed by atoms with E-state index in [1.807, 2.05) is 6.07 Å². The van der Waals surface area contributed by atoms with Crippen molar-refractivity contribution in [2.45, 2.75) is 13.0 Å². The van der Waals surface area contributed by atoms with Crippen LogP contribution in [0.3, 0.4) is 0 Å². The van der Waals surface area contributed by atoms with Gasteiger partial charge in [-0.05, 0) is 6.92 Å². The van der Waals surface area contributed by atoms with Crippen molar-refractivity contribution in [1.82, 2.24) is 15.2 Å². The molecule has 7 heteroatoms. The molecule has 2 aromatic carbocycles. The third-order valence-corrected chi connectivity index (χ3v) is 3.70. The SMILES string of the molecule is Cc1nnc(-c2ccccc2)nc1C(C(=O)c1ccccc1)[N+](=O)[O-]. The van der Waals surface area contributed by atoms with Crippen LogP contribution in [0.1, 0.15) is 27.8 Å². The average molecular weight is 334 g/mol. The molecule has 0 amide bonds. The first-order chi connectivity index (χ1) is 12.1. The number of hydrogen-bond donors (Lipinski definition) is 0. The van der Waals surface area contributed by atoms with Gasteiger partial charge in [-0.1, -0.05) is 60.7 Å². The number of aryl methyl sites for hydroxylation is 1. The molecule has 25 heavy (non-hydrogen) atoms. The van der Waals surface area contributed by atoms with Crippen LogP contribution in [0, 0.1) is 17.0 Å². The van der Waals surface area contributed by atoms with Crippen molar-refractivity contribution < 1.29 is 9.72 Å². The Hall–Kier alpha value is -3.48. The van der Waals surface area contributed by atoms with Gasteiger partial charge in [-0.15, -0.1) is 5.10 Å². The molecular formula is C18H14N4O3.